The van der Waals surface area contributed by atoms with Crippen molar-refractivity contribution in [1.82, 2.24) is 14.8 Å². The van der Waals surface area contributed by atoms with Crippen molar-refractivity contribution < 1.29 is 9.53 Å². The van der Waals surface area contributed by atoms with Crippen LogP contribution in [0.2, 0.25) is 5.02 Å². The number of benzene rings is 1. The van der Waals surface area contributed by atoms with Gasteiger partial charge in [0.25, 0.3) is 0 Å². The molecule has 2 aromatic heterocycles. The van der Waals surface area contributed by atoms with Gasteiger partial charge in [0.05, 0.1) is 29.4 Å². The van der Waals surface area contributed by atoms with Gasteiger partial charge in [0.15, 0.2) is 5.65 Å². The number of carbonyl (C=O) groups is 1. The first-order valence-corrected chi connectivity index (χ1v) is 8.15. The molecule has 0 saturated heterocycles. The standard InChI is InChI=1S/C18H18ClN3O2/c1-4-9-22-17-16(11(2)21-22)14(18(23)24-3)10-15(20-17)12-5-7-13(19)8-6-12/h5-8,10H,4,9H2,1-3H3. The predicted molar refractivity (Wildman–Crippen MR) is 94.3 cm³/mol. The number of hydrogen-bond donors (Lipinski definition) is 0. The first kappa shape index (κ1) is 16.5. The zero-order valence-corrected chi connectivity index (χ0v) is 14.6. The summed E-state index contributed by atoms with van der Waals surface area (Å²) in [6.45, 7) is 4.69. The van der Waals surface area contributed by atoms with E-state index < -0.39 is 5.97 Å². The Morgan fingerprint density at radius 2 is 2.00 bits per heavy atom. The van der Waals surface area contributed by atoms with Gasteiger partial charge in [0.1, 0.15) is 0 Å². The Hall–Kier alpha value is -2.40. The molecule has 3 aromatic rings. The zero-order valence-electron chi connectivity index (χ0n) is 13.8. The fourth-order valence-corrected chi connectivity index (χ4v) is 2.89. The van der Waals surface area contributed by atoms with Crippen molar-refractivity contribution in [2.24, 2.45) is 0 Å². The van der Waals surface area contributed by atoms with Gasteiger partial charge in [0, 0.05) is 17.1 Å². The average Bonchev–Trinajstić information content (AvgIpc) is 2.90. The Kier molecular flexibility index (Phi) is 4.53. The zero-order chi connectivity index (χ0) is 17.3. The maximum Gasteiger partial charge on any atom is 0.338 e. The van der Waals surface area contributed by atoms with E-state index in [1.54, 1.807) is 18.2 Å². The Labute approximate surface area is 145 Å². The largest absolute Gasteiger partial charge is 0.465 e. The number of nitrogens with zero attached hydrogens (tertiary/aromatic N) is 3. The van der Waals surface area contributed by atoms with Crippen LogP contribution in [-0.4, -0.2) is 27.8 Å². The molecule has 0 unspecified atom stereocenters. The van der Waals surface area contributed by atoms with E-state index in [2.05, 4.69) is 12.0 Å². The minimum Gasteiger partial charge on any atom is -0.465 e. The highest BCUT2D eigenvalue weighted by Gasteiger charge is 2.20. The van der Waals surface area contributed by atoms with E-state index in [-0.39, 0.29) is 0 Å². The van der Waals surface area contributed by atoms with Crippen LogP contribution in [0.3, 0.4) is 0 Å². The van der Waals surface area contributed by atoms with Crippen LogP contribution in [0.1, 0.15) is 29.4 Å². The number of carbonyl (C=O) groups excluding carboxylic acids is 1. The molecule has 0 atom stereocenters. The fraction of sp³-hybridized carbons (Fsp3) is 0.278. The maximum atomic E-state index is 12.3. The number of halogens is 1. The molecule has 0 N–H and O–H groups in total. The summed E-state index contributed by atoms with van der Waals surface area (Å²) in [7, 11) is 1.38. The van der Waals surface area contributed by atoms with Gasteiger partial charge in [0.2, 0.25) is 0 Å². The van der Waals surface area contributed by atoms with Gasteiger partial charge in [-0.3, -0.25) is 0 Å². The van der Waals surface area contributed by atoms with E-state index in [1.807, 2.05) is 23.7 Å². The Morgan fingerprint density at radius 3 is 2.62 bits per heavy atom. The number of hydrogen-bond acceptors (Lipinski definition) is 4. The van der Waals surface area contributed by atoms with Gasteiger partial charge in [-0.25, -0.2) is 14.5 Å². The molecule has 0 bridgehead atoms. The molecule has 124 valence electrons. The summed E-state index contributed by atoms with van der Waals surface area (Å²) in [6.07, 6.45) is 0.927. The first-order chi connectivity index (χ1) is 11.5. The van der Waals surface area contributed by atoms with Crippen molar-refractivity contribution in [3.05, 3.63) is 46.6 Å². The lowest BCUT2D eigenvalue weighted by Crippen LogP contribution is -2.05. The second kappa shape index (κ2) is 6.61. The van der Waals surface area contributed by atoms with E-state index in [4.69, 9.17) is 21.3 Å². The molecule has 0 radical (unpaired) electrons. The number of pyridine rings is 1. The maximum absolute atomic E-state index is 12.3. The molecule has 0 fully saturated rings. The summed E-state index contributed by atoms with van der Waals surface area (Å²) < 4.78 is 6.80. The average molecular weight is 344 g/mol. The summed E-state index contributed by atoms with van der Waals surface area (Å²) in [5, 5.41) is 5.93. The van der Waals surface area contributed by atoms with Gasteiger partial charge < -0.3 is 4.74 Å². The van der Waals surface area contributed by atoms with E-state index in [0.717, 1.165) is 29.6 Å². The monoisotopic (exact) mass is 343 g/mol. The molecule has 0 aliphatic heterocycles. The molecule has 2 heterocycles. The van der Waals surface area contributed by atoms with Crippen molar-refractivity contribution in [1.29, 1.82) is 0 Å². The van der Waals surface area contributed by atoms with Crippen molar-refractivity contribution in [3.8, 4) is 11.3 Å². The number of aryl methyl sites for hydroxylation is 2. The minimum atomic E-state index is -0.392. The van der Waals surface area contributed by atoms with Gasteiger partial charge in [-0.2, -0.15) is 5.10 Å². The summed E-state index contributed by atoms with van der Waals surface area (Å²) in [5.74, 6) is -0.392. The molecule has 3 rings (SSSR count). The molecule has 1 aromatic carbocycles. The molecule has 24 heavy (non-hydrogen) atoms. The molecular weight excluding hydrogens is 326 g/mol. The van der Waals surface area contributed by atoms with Crippen LogP contribution in [-0.2, 0) is 11.3 Å². The van der Waals surface area contributed by atoms with E-state index >= 15 is 0 Å². The van der Waals surface area contributed by atoms with Crippen molar-refractivity contribution in [2.75, 3.05) is 7.11 Å². The van der Waals surface area contributed by atoms with Gasteiger partial charge >= 0.3 is 5.97 Å². The molecule has 5 nitrogen and oxygen atoms in total. The van der Waals surface area contributed by atoms with E-state index in [0.29, 0.717) is 21.9 Å². The third-order valence-corrected chi connectivity index (χ3v) is 4.11. The third kappa shape index (κ3) is 2.87. The second-order valence-electron chi connectivity index (χ2n) is 5.56. The second-order valence-corrected chi connectivity index (χ2v) is 6.00. The first-order valence-electron chi connectivity index (χ1n) is 7.77. The van der Waals surface area contributed by atoms with Crippen molar-refractivity contribution >= 4 is 28.6 Å². The van der Waals surface area contributed by atoms with Crippen molar-refractivity contribution in [3.63, 3.8) is 0 Å². The van der Waals surface area contributed by atoms with Crippen LogP contribution in [0.5, 0.6) is 0 Å². The van der Waals surface area contributed by atoms with Gasteiger partial charge in [-0.1, -0.05) is 30.7 Å². The van der Waals surface area contributed by atoms with E-state index in [9.17, 15) is 4.79 Å². The SMILES string of the molecule is CCCn1nc(C)c2c(C(=O)OC)cc(-c3ccc(Cl)cc3)nc21. The lowest BCUT2D eigenvalue weighted by Gasteiger charge is -2.08. The number of aromatic nitrogens is 3. The smallest absolute Gasteiger partial charge is 0.338 e. The summed E-state index contributed by atoms with van der Waals surface area (Å²) in [6, 6.07) is 9.11. The van der Waals surface area contributed by atoms with Crippen LogP contribution in [0.25, 0.3) is 22.3 Å². The number of rotatable bonds is 4. The van der Waals surface area contributed by atoms with Gasteiger partial charge in [-0.05, 0) is 31.5 Å². The van der Waals surface area contributed by atoms with Gasteiger partial charge in [-0.15, -0.1) is 0 Å². The molecule has 0 aliphatic carbocycles. The van der Waals surface area contributed by atoms with Crippen LogP contribution in [0.15, 0.2) is 30.3 Å². The Balaban J connectivity index is 2.29. The topological polar surface area (TPSA) is 57.0 Å². The molecule has 6 heteroatoms. The van der Waals surface area contributed by atoms with Crippen LogP contribution >= 0.6 is 11.6 Å². The lowest BCUT2D eigenvalue weighted by atomic mass is 10.1. The summed E-state index contributed by atoms with van der Waals surface area (Å²) in [5.41, 5.74) is 3.52. The number of esters is 1. The fourth-order valence-electron chi connectivity index (χ4n) is 2.76. The molecule has 0 amide bonds. The van der Waals surface area contributed by atoms with Crippen molar-refractivity contribution in [2.45, 2.75) is 26.8 Å². The van der Waals surface area contributed by atoms with Crippen LogP contribution < -0.4 is 0 Å². The number of fused-ring (bicyclic) bond motifs is 1. The molecular formula is C18H18ClN3O2. The quantitative estimate of drug-likeness (QED) is 0.664. The Bertz CT molecular complexity index is 901. The van der Waals surface area contributed by atoms with Crippen LogP contribution in [0.4, 0.5) is 0 Å². The summed E-state index contributed by atoms with van der Waals surface area (Å²) in [4.78, 5) is 17.0. The highest BCUT2D eigenvalue weighted by atomic mass is 35.5. The van der Waals surface area contributed by atoms with E-state index in [1.165, 1.54) is 7.11 Å². The number of methoxy groups -OCH3 is 1. The molecule has 0 aliphatic rings. The molecule has 0 saturated carbocycles. The lowest BCUT2D eigenvalue weighted by molar-refractivity contribution is 0.0603. The highest BCUT2D eigenvalue weighted by molar-refractivity contribution is 6.30. The third-order valence-electron chi connectivity index (χ3n) is 3.86. The summed E-state index contributed by atoms with van der Waals surface area (Å²) >= 11 is 5.96. The highest BCUT2D eigenvalue weighted by Crippen LogP contribution is 2.28. The predicted octanol–water partition coefficient (Wildman–Crippen LogP) is 4.26. The number of ether oxygens (including phenoxy) is 1. The molecule has 0 spiro atoms. The normalized spacial score (nSPS) is 11.0. The van der Waals surface area contributed by atoms with Crippen LogP contribution in [0, 0.1) is 6.92 Å². The minimum absolute atomic E-state index is 0.392. The Morgan fingerprint density at radius 1 is 1.29 bits per heavy atom.